The predicted octanol–water partition coefficient (Wildman–Crippen LogP) is 7.66. The van der Waals surface area contributed by atoms with Crippen molar-refractivity contribution >= 4 is 22.9 Å². The van der Waals surface area contributed by atoms with E-state index in [9.17, 15) is 4.79 Å². The predicted molar refractivity (Wildman–Crippen MR) is 152 cm³/mol. The minimum absolute atomic E-state index is 0.00368. The van der Waals surface area contributed by atoms with E-state index < -0.39 is 22.4 Å². The van der Waals surface area contributed by atoms with Crippen LogP contribution in [0.25, 0.3) is 0 Å². The molecule has 0 aromatic rings. The van der Waals surface area contributed by atoms with Gasteiger partial charge in [0, 0.05) is 23.7 Å². The van der Waals surface area contributed by atoms with Gasteiger partial charge in [0.05, 0.1) is 24.9 Å². The standard InChI is InChI=1S/C28H58O5Si2/c1-19(17-29)24(32-34(13,14)26(5,6)7)22(4)25(33-35(15,16)27(8,9)10)21(3)23-20(2)18-30-28(11,12)31-23/h17,19-25H,18H2,1-16H3/t19-,20-,21-,22+,23-,24-,25-/m1/s1. The van der Waals surface area contributed by atoms with E-state index in [4.69, 9.17) is 18.3 Å². The molecule has 0 aromatic carbocycles. The second-order valence-electron chi connectivity index (χ2n) is 14.7. The summed E-state index contributed by atoms with van der Waals surface area (Å²) in [6.45, 7) is 36.0. The van der Waals surface area contributed by atoms with Gasteiger partial charge in [-0.05, 0) is 50.1 Å². The Balaban J connectivity index is 3.51. The number of carbonyl (C=O) groups excluding carboxylic acids is 1. The first-order valence-corrected chi connectivity index (χ1v) is 19.4. The van der Waals surface area contributed by atoms with Crippen LogP contribution in [0.4, 0.5) is 0 Å². The Morgan fingerprint density at radius 1 is 0.886 bits per heavy atom. The number of hydrogen-bond donors (Lipinski definition) is 0. The fraction of sp³-hybridized carbons (Fsp3) is 0.964. The Labute approximate surface area is 219 Å². The van der Waals surface area contributed by atoms with Crippen molar-refractivity contribution in [1.29, 1.82) is 0 Å². The largest absolute Gasteiger partial charge is 0.413 e. The van der Waals surface area contributed by atoms with E-state index >= 15 is 0 Å². The molecule has 1 heterocycles. The van der Waals surface area contributed by atoms with Crippen LogP contribution < -0.4 is 0 Å². The average molecular weight is 531 g/mol. The Morgan fingerprint density at radius 3 is 1.71 bits per heavy atom. The van der Waals surface area contributed by atoms with Crippen molar-refractivity contribution in [3.8, 4) is 0 Å². The average Bonchev–Trinajstić information content (AvgIpc) is 2.68. The summed E-state index contributed by atoms with van der Waals surface area (Å²) in [5, 5.41) is 0.121. The molecule has 0 unspecified atom stereocenters. The lowest BCUT2D eigenvalue weighted by atomic mass is 9.79. The van der Waals surface area contributed by atoms with Crippen LogP contribution in [0.1, 0.15) is 83.1 Å². The summed E-state index contributed by atoms with van der Waals surface area (Å²) in [5.74, 6) is -0.458. The van der Waals surface area contributed by atoms with Crippen LogP contribution in [0.5, 0.6) is 0 Å². The maximum Gasteiger partial charge on any atom is 0.192 e. The molecule has 5 nitrogen and oxygen atoms in total. The lowest BCUT2D eigenvalue weighted by Crippen LogP contribution is -2.57. The Morgan fingerprint density at radius 2 is 1.31 bits per heavy atom. The summed E-state index contributed by atoms with van der Waals surface area (Å²) < 4.78 is 26.6. The van der Waals surface area contributed by atoms with Crippen LogP contribution in [-0.2, 0) is 23.1 Å². The van der Waals surface area contributed by atoms with Crippen molar-refractivity contribution in [3.63, 3.8) is 0 Å². The van der Waals surface area contributed by atoms with Gasteiger partial charge in [0.2, 0.25) is 0 Å². The van der Waals surface area contributed by atoms with Gasteiger partial charge in [-0.1, -0.05) is 69.2 Å². The van der Waals surface area contributed by atoms with E-state index in [1.54, 1.807) is 0 Å². The highest BCUT2D eigenvalue weighted by atomic mass is 28.4. The summed E-state index contributed by atoms with van der Waals surface area (Å²) in [5.41, 5.74) is 0. The summed E-state index contributed by atoms with van der Waals surface area (Å²) in [4.78, 5) is 12.1. The van der Waals surface area contributed by atoms with E-state index in [0.29, 0.717) is 6.61 Å². The Bertz CT molecular complexity index is 692. The van der Waals surface area contributed by atoms with E-state index in [-0.39, 0.29) is 52.1 Å². The summed E-state index contributed by atoms with van der Waals surface area (Å²) in [6.07, 6.45) is 0.734. The molecule has 0 saturated carbocycles. The highest BCUT2D eigenvalue weighted by molar-refractivity contribution is 6.74. The molecular formula is C28H58O5Si2. The van der Waals surface area contributed by atoms with Crippen LogP contribution in [0.2, 0.25) is 36.3 Å². The van der Waals surface area contributed by atoms with Gasteiger partial charge >= 0.3 is 0 Å². The van der Waals surface area contributed by atoms with E-state index in [2.05, 4.69) is 88.5 Å². The number of hydrogen-bond acceptors (Lipinski definition) is 5. The third-order valence-electron chi connectivity index (χ3n) is 8.95. The van der Waals surface area contributed by atoms with Gasteiger partial charge in [0.25, 0.3) is 0 Å². The van der Waals surface area contributed by atoms with E-state index in [0.717, 1.165) is 6.29 Å². The molecule has 0 spiro atoms. The molecule has 1 aliphatic rings. The molecule has 0 amide bonds. The first-order chi connectivity index (χ1) is 15.5. The van der Waals surface area contributed by atoms with Gasteiger partial charge < -0.3 is 23.1 Å². The number of rotatable bonds is 10. The van der Waals surface area contributed by atoms with Crippen LogP contribution in [0, 0.1) is 23.7 Å². The minimum Gasteiger partial charge on any atom is -0.413 e. The van der Waals surface area contributed by atoms with Gasteiger partial charge in [-0.3, -0.25) is 0 Å². The van der Waals surface area contributed by atoms with Crippen molar-refractivity contribution in [3.05, 3.63) is 0 Å². The number of ether oxygens (including phenoxy) is 2. The van der Waals surface area contributed by atoms with Crippen molar-refractivity contribution in [2.45, 2.75) is 143 Å². The second-order valence-corrected chi connectivity index (χ2v) is 24.2. The quantitative estimate of drug-likeness (QED) is 0.214. The smallest absolute Gasteiger partial charge is 0.192 e. The molecule has 1 rings (SSSR count). The molecule has 208 valence electrons. The second kappa shape index (κ2) is 11.4. The fourth-order valence-corrected chi connectivity index (χ4v) is 7.33. The van der Waals surface area contributed by atoms with E-state index in [1.165, 1.54) is 0 Å². The van der Waals surface area contributed by atoms with Crippen molar-refractivity contribution < 1.29 is 23.1 Å². The first-order valence-electron chi connectivity index (χ1n) is 13.6. The fourth-order valence-electron chi connectivity index (χ4n) is 4.40. The van der Waals surface area contributed by atoms with Crippen molar-refractivity contribution in [1.82, 2.24) is 0 Å². The van der Waals surface area contributed by atoms with Crippen LogP contribution in [0.3, 0.4) is 0 Å². The molecule has 7 heteroatoms. The zero-order valence-electron chi connectivity index (χ0n) is 25.9. The molecule has 0 aliphatic carbocycles. The highest BCUT2D eigenvalue weighted by Gasteiger charge is 2.49. The molecule has 7 atom stereocenters. The number of carbonyl (C=O) groups is 1. The molecule has 0 radical (unpaired) electrons. The first kappa shape index (κ1) is 33.0. The van der Waals surface area contributed by atoms with Crippen molar-refractivity contribution in [2.75, 3.05) is 6.61 Å². The third kappa shape index (κ3) is 8.21. The van der Waals surface area contributed by atoms with Crippen molar-refractivity contribution in [2.24, 2.45) is 23.7 Å². The molecule has 0 N–H and O–H groups in total. The van der Waals surface area contributed by atoms with Gasteiger partial charge in [-0.25, -0.2) is 0 Å². The van der Waals surface area contributed by atoms with E-state index in [1.807, 2.05) is 20.8 Å². The zero-order chi connectivity index (χ0) is 27.8. The highest BCUT2D eigenvalue weighted by Crippen LogP contribution is 2.44. The SMILES string of the molecule is C[C@H]([C@H](O[Si](C)(C)C(C)(C)C)[C@H](C)[C@@H]1OC(C)(C)OC[C@H]1C)[C@H](O[Si](C)(C)C(C)(C)C)[C@H](C)C=O. The van der Waals surface area contributed by atoms with Gasteiger partial charge in [-0.15, -0.1) is 0 Å². The van der Waals surface area contributed by atoms with Crippen LogP contribution in [-0.4, -0.2) is 53.6 Å². The molecule has 1 fully saturated rings. The molecule has 1 saturated heterocycles. The van der Waals surface area contributed by atoms with Gasteiger partial charge in [0.15, 0.2) is 22.4 Å². The molecule has 1 aliphatic heterocycles. The lowest BCUT2D eigenvalue weighted by Gasteiger charge is -2.50. The number of aldehydes is 1. The summed E-state index contributed by atoms with van der Waals surface area (Å²) in [7, 11) is -4.24. The van der Waals surface area contributed by atoms with Crippen LogP contribution in [0.15, 0.2) is 0 Å². The molecule has 0 bridgehead atoms. The maximum absolute atomic E-state index is 12.1. The minimum atomic E-state index is -2.12. The molecule has 0 aromatic heterocycles. The van der Waals surface area contributed by atoms with Crippen LogP contribution >= 0.6 is 0 Å². The normalized spacial score (nSPS) is 26.5. The lowest BCUT2D eigenvalue weighted by molar-refractivity contribution is -0.304. The summed E-state index contributed by atoms with van der Waals surface area (Å²) in [6, 6.07) is 0. The third-order valence-corrected chi connectivity index (χ3v) is 17.9. The maximum atomic E-state index is 12.1. The van der Waals surface area contributed by atoms with Gasteiger partial charge in [0.1, 0.15) is 6.29 Å². The molecular weight excluding hydrogens is 472 g/mol. The topological polar surface area (TPSA) is 54.0 Å². The molecule has 35 heavy (non-hydrogen) atoms. The Kier molecular flexibility index (Phi) is 10.7. The van der Waals surface area contributed by atoms with Gasteiger partial charge in [-0.2, -0.15) is 0 Å². The summed E-state index contributed by atoms with van der Waals surface area (Å²) >= 11 is 0. The Hall–Kier alpha value is -0.0562. The monoisotopic (exact) mass is 530 g/mol. The zero-order valence-corrected chi connectivity index (χ0v) is 27.9.